The van der Waals surface area contributed by atoms with E-state index in [9.17, 15) is 13.2 Å². The number of nitrogens with one attached hydrogen (secondary N) is 1. The van der Waals surface area contributed by atoms with Gasteiger partial charge in [-0.1, -0.05) is 0 Å². The van der Waals surface area contributed by atoms with Gasteiger partial charge in [0.05, 0.1) is 11.5 Å². The average Bonchev–Trinajstić information content (AvgIpc) is 2.92. The Bertz CT molecular complexity index is 695. The second kappa shape index (κ2) is 5.77. The van der Waals surface area contributed by atoms with Crippen LogP contribution in [0.4, 0.5) is 0 Å². The quantitative estimate of drug-likeness (QED) is 0.672. The van der Waals surface area contributed by atoms with E-state index in [1.807, 2.05) is 24.4 Å². The number of aryl methyl sites for hydroxylation is 1. The number of hydrogen-bond donors (Lipinski definition) is 1. The third-order valence-corrected chi connectivity index (χ3v) is 5.84. The molecule has 0 radical (unpaired) electrons. The zero-order chi connectivity index (χ0) is 14.8. The van der Waals surface area contributed by atoms with Crippen molar-refractivity contribution in [2.75, 3.05) is 11.5 Å². The number of thiophene rings is 1. The highest BCUT2D eigenvalue weighted by molar-refractivity contribution is 7.91. The van der Waals surface area contributed by atoms with Crippen molar-refractivity contribution in [1.29, 1.82) is 5.26 Å². The van der Waals surface area contributed by atoms with E-state index in [4.69, 9.17) is 5.26 Å². The molecule has 0 unspecified atom stereocenters. The van der Waals surface area contributed by atoms with Gasteiger partial charge in [0.2, 0.25) is 0 Å². The van der Waals surface area contributed by atoms with Gasteiger partial charge < -0.3 is 5.32 Å². The van der Waals surface area contributed by atoms with Crippen LogP contribution in [0.1, 0.15) is 16.9 Å². The van der Waals surface area contributed by atoms with Gasteiger partial charge in [-0.15, -0.1) is 11.3 Å². The van der Waals surface area contributed by atoms with Gasteiger partial charge in [-0.3, -0.25) is 4.79 Å². The molecule has 0 spiro atoms. The molecule has 1 atom stereocenters. The fourth-order valence-electron chi connectivity index (χ4n) is 1.98. The molecule has 1 aliphatic heterocycles. The number of sulfone groups is 1. The third kappa shape index (κ3) is 3.46. The summed E-state index contributed by atoms with van der Waals surface area (Å²) in [5.74, 6) is -0.467. The summed E-state index contributed by atoms with van der Waals surface area (Å²) in [6, 6.07) is 3.38. The summed E-state index contributed by atoms with van der Waals surface area (Å²) in [6.45, 7) is 1.90. The molecular weight excluding hydrogens is 296 g/mol. The van der Waals surface area contributed by atoms with E-state index in [0.717, 1.165) is 10.4 Å². The van der Waals surface area contributed by atoms with Gasteiger partial charge >= 0.3 is 0 Å². The van der Waals surface area contributed by atoms with Gasteiger partial charge in [0.1, 0.15) is 11.6 Å². The largest absolute Gasteiger partial charge is 0.348 e. The van der Waals surface area contributed by atoms with Crippen LogP contribution < -0.4 is 5.32 Å². The number of nitriles is 1. The molecular formula is C13H14N2O3S2. The molecule has 1 saturated heterocycles. The van der Waals surface area contributed by atoms with Crippen LogP contribution in [-0.2, 0) is 14.6 Å². The van der Waals surface area contributed by atoms with Crippen molar-refractivity contribution in [1.82, 2.24) is 5.32 Å². The second-order valence-electron chi connectivity index (χ2n) is 4.71. The number of rotatable bonds is 3. The molecule has 2 rings (SSSR count). The summed E-state index contributed by atoms with van der Waals surface area (Å²) in [5, 5.41) is 13.6. The SMILES string of the molecule is Cc1ccsc1/C=C(/C#N)C(=O)N[C@@H]1CCS(=O)(=O)C1. The van der Waals surface area contributed by atoms with E-state index in [0.29, 0.717) is 6.42 Å². The summed E-state index contributed by atoms with van der Waals surface area (Å²) in [6.07, 6.45) is 1.95. The Morgan fingerprint density at radius 3 is 2.85 bits per heavy atom. The molecule has 1 amide bonds. The first kappa shape index (κ1) is 14.8. The Morgan fingerprint density at radius 1 is 1.60 bits per heavy atom. The molecule has 1 aliphatic rings. The van der Waals surface area contributed by atoms with Crippen LogP contribution >= 0.6 is 11.3 Å². The molecule has 2 heterocycles. The Balaban J connectivity index is 2.10. The summed E-state index contributed by atoms with van der Waals surface area (Å²) in [4.78, 5) is 12.8. The lowest BCUT2D eigenvalue weighted by Crippen LogP contribution is -2.36. The van der Waals surface area contributed by atoms with Crippen molar-refractivity contribution in [3.05, 3.63) is 27.5 Å². The highest BCUT2D eigenvalue weighted by atomic mass is 32.2. The predicted molar refractivity (Wildman–Crippen MR) is 77.8 cm³/mol. The molecule has 106 valence electrons. The van der Waals surface area contributed by atoms with E-state index in [-0.39, 0.29) is 17.1 Å². The van der Waals surface area contributed by atoms with Crippen molar-refractivity contribution in [3.63, 3.8) is 0 Å². The van der Waals surface area contributed by atoms with Crippen LogP contribution in [0.25, 0.3) is 6.08 Å². The second-order valence-corrected chi connectivity index (χ2v) is 7.89. The Kier molecular flexibility index (Phi) is 4.26. The highest BCUT2D eigenvalue weighted by Crippen LogP contribution is 2.19. The topological polar surface area (TPSA) is 87.0 Å². The molecule has 1 aromatic heterocycles. The molecule has 0 aromatic carbocycles. The minimum atomic E-state index is -3.05. The van der Waals surface area contributed by atoms with Crippen LogP contribution in [0.2, 0.25) is 0 Å². The van der Waals surface area contributed by atoms with Gasteiger partial charge in [-0.25, -0.2) is 8.42 Å². The molecule has 5 nitrogen and oxygen atoms in total. The molecule has 1 N–H and O–H groups in total. The zero-order valence-electron chi connectivity index (χ0n) is 10.9. The molecule has 7 heteroatoms. The molecule has 0 aliphatic carbocycles. The van der Waals surface area contributed by atoms with Crippen molar-refractivity contribution in [3.8, 4) is 6.07 Å². The van der Waals surface area contributed by atoms with Gasteiger partial charge in [0.25, 0.3) is 5.91 Å². The Hall–Kier alpha value is -1.65. The Morgan fingerprint density at radius 2 is 2.35 bits per heavy atom. The summed E-state index contributed by atoms with van der Waals surface area (Å²) in [5.41, 5.74) is 0.999. The third-order valence-electron chi connectivity index (χ3n) is 3.11. The van der Waals surface area contributed by atoms with E-state index in [2.05, 4.69) is 5.32 Å². The van der Waals surface area contributed by atoms with E-state index in [1.165, 1.54) is 11.3 Å². The van der Waals surface area contributed by atoms with Crippen molar-refractivity contribution < 1.29 is 13.2 Å². The predicted octanol–water partition coefficient (Wildman–Crippen LogP) is 1.27. The summed E-state index contributed by atoms with van der Waals surface area (Å²) >= 11 is 1.45. The van der Waals surface area contributed by atoms with E-state index < -0.39 is 21.8 Å². The van der Waals surface area contributed by atoms with Gasteiger partial charge in [0.15, 0.2) is 9.84 Å². The fraction of sp³-hybridized carbons (Fsp3) is 0.385. The number of hydrogen-bond acceptors (Lipinski definition) is 5. The lowest BCUT2D eigenvalue weighted by Gasteiger charge is -2.09. The van der Waals surface area contributed by atoms with E-state index in [1.54, 1.807) is 6.08 Å². The highest BCUT2D eigenvalue weighted by Gasteiger charge is 2.29. The normalized spacial score (nSPS) is 21.4. The van der Waals surface area contributed by atoms with Crippen LogP contribution in [0.5, 0.6) is 0 Å². The lowest BCUT2D eigenvalue weighted by molar-refractivity contribution is -0.117. The lowest BCUT2D eigenvalue weighted by atomic mass is 10.1. The number of carbonyl (C=O) groups is 1. The van der Waals surface area contributed by atoms with Crippen LogP contribution in [0.3, 0.4) is 0 Å². The minimum absolute atomic E-state index is 0.000141. The smallest absolute Gasteiger partial charge is 0.262 e. The first-order valence-corrected chi connectivity index (χ1v) is 8.78. The van der Waals surface area contributed by atoms with Crippen molar-refractivity contribution in [2.45, 2.75) is 19.4 Å². The first-order valence-electron chi connectivity index (χ1n) is 6.08. The number of amides is 1. The maximum atomic E-state index is 12.0. The molecule has 20 heavy (non-hydrogen) atoms. The zero-order valence-corrected chi connectivity index (χ0v) is 12.6. The Labute approximate surface area is 121 Å². The molecule has 0 bridgehead atoms. The maximum Gasteiger partial charge on any atom is 0.262 e. The minimum Gasteiger partial charge on any atom is -0.348 e. The van der Waals surface area contributed by atoms with Crippen LogP contribution in [0, 0.1) is 18.3 Å². The summed E-state index contributed by atoms with van der Waals surface area (Å²) < 4.78 is 22.7. The van der Waals surface area contributed by atoms with Gasteiger partial charge in [-0.2, -0.15) is 5.26 Å². The molecule has 1 aromatic rings. The first-order chi connectivity index (χ1) is 9.41. The standard InChI is InChI=1S/C13H14N2O3S2/c1-9-2-4-19-12(9)6-10(7-14)13(16)15-11-3-5-20(17,18)8-11/h2,4,6,11H,3,5,8H2,1H3,(H,15,16)/b10-6-/t11-/m1/s1. The fourth-order valence-corrected chi connectivity index (χ4v) is 4.52. The van der Waals surface area contributed by atoms with Gasteiger partial charge in [0, 0.05) is 10.9 Å². The van der Waals surface area contributed by atoms with Crippen molar-refractivity contribution in [2.24, 2.45) is 0 Å². The average molecular weight is 310 g/mol. The van der Waals surface area contributed by atoms with Crippen LogP contribution in [-0.4, -0.2) is 31.9 Å². The maximum absolute atomic E-state index is 12.0. The molecule has 1 fully saturated rings. The van der Waals surface area contributed by atoms with E-state index >= 15 is 0 Å². The molecule has 0 saturated carbocycles. The van der Waals surface area contributed by atoms with Crippen molar-refractivity contribution >= 4 is 33.2 Å². The number of nitrogens with zero attached hydrogens (tertiary/aromatic N) is 1. The van der Waals surface area contributed by atoms with Gasteiger partial charge in [-0.05, 0) is 36.4 Å². The summed E-state index contributed by atoms with van der Waals surface area (Å²) in [7, 11) is -3.05. The number of carbonyl (C=O) groups excluding carboxylic acids is 1. The van der Waals surface area contributed by atoms with Crippen LogP contribution in [0.15, 0.2) is 17.0 Å². The monoisotopic (exact) mass is 310 g/mol.